The third-order valence-electron chi connectivity index (χ3n) is 2.38. The van der Waals surface area contributed by atoms with E-state index in [9.17, 15) is 4.79 Å². The number of rotatable bonds is 2. The first-order valence-corrected chi connectivity index (χ1v) is 4.91. The number of hydrogen-bond acceptors (Lipinski definition) is 3. The highest BCUT2D eigenvalue weighted by molar-refractivity contribution is 6.30. The summed E-state index contributed by atoms with van der Waals surface area (Å²) in [5.74, 6) is -0.510. The highest BCUT2D eigenvalue weighted by Crippen LogP contribution is 2.35. The molecule has 5 heteroatoms. The summed E-state index contributed by atoms with van der Waals surface area (Å²) in [6.07, 6.45) is 0.745. The number of carboxylic acid groups (broad SMARTS) is 1. The molecule has 1 aliphatic heterocycles. The topological polar surface area (TPSA) is 72.6 Å². The quantitative estimate of drug-likeness (QED) is 0.800. The highest BCUT2D eigenvalue weighted by atomic mass is 35.5. The van der Waals surface area contributed by atoms with E-state index in [-0.39, 0.29) is 0 Å². The van der Waals surface area contributed by atoms with Gasteiger partial charge >= 0.3 is 5.97 Å². The van der Waals surface area contributed by atoms with Gasteiger partial charge < -0.3 is 15.6 Å². The van der Waals surface area contributed by atoms with Crippen molar-refractivity contribution in [3.05, 3.63) is 28.3 Å². The first-order chi connectivity index (χ1) is 7.09. The van der Waals surface area contributed by atoms with Crippen LogP contribution in [-0.4, -0.2) is 17.7 Å². The molecule has 0 spiro atoms. The van der Waals surface area contributed by atoms with Crippen molar-refractivity contribution in [1.82, 2.24) is 0 Å². The number of halogens is 1. The zero-order valence-electron chi connectivity index (χ0n) is 7.87. The molecule has 0 radical (unpaired) electrons. The fraction of sp³-hybridized carbons (Fsp3) is 0.300. The normalized spacial score (nSPS) is 15.6. The molecule has 4 nitrogen and oxygen atoms in total. The second-order valence-electron chi connectivity index (χ2n) is 3.40. The van der Waals surface area contributed by atoms with Crippen LogP contribution in [-0.2, 0) is 11.2 Å². The van der Waals surface area contributed by atoms with Gasteiger partial charge in [0, 0.05) is 17.0 Å². The average molecular weight is 228 g/mol. The standard InChI is InChI=1S/C10H10ClNO3/c11-6-3-5-1-2-15-9(5)7(4-6)8(12)10(13)14/h3-4,8H,1-2,12H2,(H,13,14). The summed E-state index contributed by atoms with van der Waals surface area (Å²) >= 11 is 5.87. The number of nitrogens with two attached hydrogens (primary N) is 1. The monoisotopic (exact) mass is 227 g/mol. The second-order valence-corrected chi connectivity index (χ2v) is 3.83. The highest BCUT2D eigenvalue weighted by Gasteiger charge is 2.24. The minimum atomic E-state index is -1.09. The van der Waals surface area contributed by atoms with Crippen LogP contribution in [0.2, 0.25) is 5.02 Å². The van der Waals surface area contributed by atoms with E-state index in [1.54, 1.807) is 12.1 Å². The van der Waals surface area contributed by atoms with Gasteiger partial charge in [0.2, 0.25) is 0 Å². The number of aliphatic carboxylic acids is 1. The Morgan fingerprint density at radius 2 is 2.33 bits per heavy atom. The number of ether oxygens (including phenoxy) is 1. The van der Waals surface area contributed by atoms with E-state index in [2.05, 4.69) is 0 Å². The van der Waals surface area contributed by atoms with E-state index in [0.717, 1.165) is 12.0 Å². The lowest BCUT2D eigenvalue weighted by atomic mass is 10.0. The van der Waals surface area contributed by atoms with Gasteiger partial charge in [-0.15, -0.1) is 0 Å². The van der Waals surface area contributed by atoms with E-state index >= 15 is 0 Å². The van der Waals surface area contributed by atoms with Crippen molar-refractivity contribution in [2.24, 2.45) is 5.73 Å². The molecule has 1 aromatic rings. The summed E-state index contributed by atoms with van der Waals surface area (Å²) in [4.78, 5) is 10.8. The molecule has 3 N–H and O–H groups in total. The maximum atomic E-state index is 10.8. The van der Waals surface area contributed by atoms with Gasteiger partial charge in [-0.1, -0.05) is 11.6 Å². The van der Waals surface area contributed by atoms with Crippen LogP contribution in [0.5, 0.6) is 5.75 Å². The molecule has 0 aromatic heterocycles. The molecular formula is C10H10ClNO3. The summed E-state index contributed by atoms with van der Waals surface area (Å²) in [5, 5.41) is 9.33. The Hall–Kier alpha value is -1.26. The minimum Gasteiger partial charge on any atom is -0.493 e. The molecule has 1 unspecified atom stereocenters. The van der Waals surface area contributed by atoms with Crippen LogP contribution in [0.3, 0.4) is 0 Å². The summed E-state index contributed by atoms with van der Waals surface area (Å²) in [5.41, 5.74) is 6.91. The molecule has 1 heterocycles. The van der Waals surface area contributed by atoms with Gasteiger partial charge in [0.1, 0.15) is 11.8 Å². The zero-order valence-corrected chi connectivity index (χ0v) is 8.62. The third kappa shape index (κ3) is 1.78. The Morgan fingerprint density at radius 3 is 3.00 bits per heavy atom. The van der Waals surface area contributed by atoms with Gasteiger partial charge in [-0.25, -0.2) is 0 Å². The van der Waals surface area contributed by atoms with Crippen LogP contribution >= 0.6 is 11.6 Å². The molecule has 80 valence electrons. The van der Waals surface area contributed by atoms with Crippen LogP contribution in [0, 0.1) is 0 Å². The molecule has 2 rings (SSSR count). The summed E-state index contributed by atoms with van der Waals surface area (Å²) in [6.45, 7) is 0.551. The predicted molar refractivity (Wildman–Crippen MR) is 55.2 cm³/mol. The zero-order chi connectivity index (χ0) is 11.0. The summed E-state index contributed by atoms with van der Waals surface area (Å²) in [7, 11) is 0. The first-order valence-electron chi connectivity index (χ1n) is 4.53. The number of carbonyl (C=O) groups is 1. The van der Waals surface area contributed by atoms with Gasteiger partial charge in [0.05, 0.1) is 6.61 Å². The van der Waals surface area contributed by atoms with E-state index in [4.69, 9.17) is 27.2 Å². The van der Waals surface area contributed by atoms with E-state index in [1.807, 2.05) is 0 Å². The molecule has 1 atom stereocenters. The largest absolute Gasteiger partial charge is 0.493 e. The third-order valence-corrected chi connectivity index (χ3v) is 2.60. The smallest absolute Gasteiger partial charge is 0.325 e. The van der Waals surface area contributed by atoms with Crippen molar-refractivity contribution in [2.45, 2.75) is 12.5 Å². The Bertz CT molecular complexity index is 419. The van der Waals surface area contributed by atoms with Crippen LogP contribution in [0.25, 0.3) is 0 Å². The molecule has 0 bridgehead atoms. The number of fused-ring (bicyclic) bond motifs is 1. The Kier molecular flexibility index (Phi) is 2.54. The van der Waals surface area contributed by atoms with E-state index < -0.39 is 12.0 Å². The van der Waals surface area contributed by atoms with E-state index in [0.29, 0.717) is 22.9 Å². The Morgan fingerprint density at radius 1 is 1.60 bits per heavy atom. The minimum absolute atomic E-state index is 0.447. The van der Waals surface area contributed by atoms with Crippen molar-refractivity contribution in [3.63, 3.8) is 0 Å². The van der Waals surface area contributed by atoms with Crippen LogP contribution in [0.4, 0.5) is 0 Å². The fourth-order valence-corrected chi connectivity index (χ4v) is 1.91. The predicted octanol–water partition coefficient (Wildman–Crippen LogP) is 1.36. The van der Waals surface area contributed by atoms with Crippen molar-refractivity contribution >= 4 is 17.6 Å². The van der Waals surface area contributed by atoms with Crippen molar-refractivity contribution in [3.8, 4) is 5.75 Å². The maximum absolute atomic E-state index is 10.8. The Balaban J connectivity index is 2.51. The van der Waals surface area contributed by atoms with Gasteiger partial charge in [-0.05, 0) is 17.7 Å². The van der Waals surface area contributed by atoms with Crippen LogP contribution in [0.1, 0.15) is 17.2 Å². The Labute approximate surface area is 91.6 Å². The van der Waals surface area contributed by atoms with Gasteiger partial charge in [-0.2, -0.15) is 0 Å². The molecule has 15 heavy (non-hydrogen) atoms. The molecule has 0 fully saturated rings. The lowest BCUT2D eigenvalue weighted by Crippen LogP contribution is -2.21. The lowest BCUT2D eigenvalue weighted by Gasteiger charge is -2.12. The van der Waals surface area contributed by atoms with Crippen molar-refractivity contribution < 1.29 is 14.6 Å². The molecule has 0 aliphatic carbocycles. The molecule has 0 saturated heterocycles. The van der Waals surface area contributed by atoms with Crippen molar-refractivity contribution in [2.75, 3.05) is 6.61 Å². The maximum Gasteiger partial charge on any atom is 0.325 e. The van der Waals surface area contributed by atoms with Gasteiger partial charge in [0.15, 0.2) is 0 Å². The molecular weight excluding hydrogens is 218 g/mol. The second kappa shape index (κ2) is 3.72. The number of hydrogen-bond donors (Lipinski definition) is 2. The van der Waals surface area contributed by atoms with Gasteiger partial charge in [0.25, 0.3) is 0 Å². The molecule has 0 amide bonds. The van der Waals surface area contributed by atoms with Gasteiger partial charge in [-0.3, -0.25) is 4.79 Å². The number of carboxylic acids is 1. The molecule has 1 aromatic carbocycles. The van der Waals surface area contributed by atoms with E-state index in [1.165, 1.54) is 0 Å². The first kappa shape index (κ1) is 10.3. The lowest BCUT2D eigenvalue weighted by molar-refractivity contribution is -0.138. The molecule has 0 saturated carbocycles. The summed E-state index contributed by atoms with van der Waals surface area (Å²) < 4.78 is 5.35. The fourth-order valence-electron chi connectivity index (χ4n) is 1.66. The number of benzene rings is 1. The van der Waals surface area contributed by atoms with Crippen LogP contribution < -0.4 is 10.5 Å². The molecule has 1 aliphatic rings. The SMILES string of the molecule is NC(C(=O)O)c1cc(Cl)cc2c1OCC2. The summed E-state index contributed by atoms with van der Waals surface area (Å²) in [6, 6.07) is 2.24. The average Bonchev–Trinajstić information content (AvgIpc) is 2.62. The van der Waals surface area contributed by atoms with Crippen molar-refractivity contribution in [1.29, 1.82) is 0 Å². The van der Waals surface area contributed by atoms with Crippen LogP contribution in [0.15, 0.2) is 12.1 Å².